The molecular weight excluding hydrogens is 244 g/mol. The van der Waals surface area contributed by atoms with E-state index in [1.165, 1.54) is 12.8 Å². The van der Waals surface area contributed by atoms with E-state index in [0.717, 1.165) is 12.2 Å². The third kappa shape index (κ3) is 2.18. The Morgan fingerprint density at radius 2 is 1.83 bits per heavy atom. The van der Waals surface area contributed by atoms with Crippen molar-refractivity contribution >= 4 is 17.7 Å². The van der Waals surface area contributed by atoms with Crippen LogP contribution in [0.25, 0.3) is 0 Å². The van der Waals surface area contributed by atoms with Crippen LogP contribution in [-0.2, 0) is 4.79 Å². The predicted molar refractivity (Wildman–Crippen MR) is 77.6 cm³/mol. The molecule has 1 unspecified atom stereocenters. The van der Waals surface area contributed by atoms with Gasteiger partial charge in [0.05, 0.1) is 5.25 Å². The third-order valence-electron chi connectivity index (χ3n) is 4.85. The largest absolute Gasteiger partial charge is 0.351 e. The van der Waals surface area contributed by atoms with Crippen LogP contribution in [0.1, 0.15) is 47.0 Å². The molecule has 4 heteroatoms. The molecule has 1 saturated heterocycles. The van der Waals surface area contributed by atoms with Crippen LogP contribution >= 0.6 is 11.8 Å². The van der Waals surface area contributed by atoms with Gasteiger partial charge in [-0.3, -0.25) is 4.79 Å². The molecule has 0 aromatic carbocycles. The van der Waals surface area contributed by atoms with Crippen LogP contribution in [-0.4, -0.2) is 29.0 Å². The van der Waals surface area contributed by atoms with Crippen LogP contribution in [0.2, 0.25) is 0 Å². The van der Waals surface area contributed by atoms with Gasteiger partial charge in [0.2, 0.25) is 5.91 Å². The van der Waals surface area contributed by atoms with Gasteiger partial charge in [-0.1, -0.05) is 34.1 Å². The Labute approximate surface area is 115 Å². The quantitative estimate of drug-likeness (QED) is 0.808. The van der Waals surface area contributed by atoms with Crippen LogP contribution in [0.4, 0.5) is 0 Å². The van der Waals surface area contributed by atoms with Gasteiger partial charge >= 0.3 is 0 Å². The molecule has 3 N–H and O–H groups in total. The number of carbonyl (C=O) groups excluding carboxylic acids is 1. The maximum atomic E-state index is 12.3. The average molecular weight is 270 g/mol. The first kappa shape index (κ1) is 14.2. The van der Waals surface area contributed by atoms with Gasteiger partial charge in [0.15, 0.2) is 0 Å². The van der Waals surface area contributed by atoms with Gasteiger partial charge in [0.25, 0.3) is 0 Å². The molecular formula is C14H26N2OS. The van der Waals surface area contributed by atoms with Crippen molar-refractivity contribution < 1.29 is 4.79 Å². The lowest BCUT2D eigenvalue weighted by Crippen LogP contribution is -2.76. The van der Waals surface area contributed by atoms with E-state index in [1.807, 2.05) is 0 Å². The Balaban J connectivity index is 1.98. The fraction of sp³-hybridized carbons (Fsp3) is 0.929. The maximum Gasteiger partial charge on any atom is 0.233 e. The summed E-state index contributed by atoms with van der Waals surface area (Å²) in [4.78, 5) is 12.3. The van der Waals surface area contributed by atoms with E-state index in [0.29, 0.717) is 0 Å². The third-order valence-corrected chi connectivity index (χ3v) is 6.23. The Kier molecular flexibility index (Phi) is 3.72. The standard InChI is InChI=1S/C14H26N2OS/c1-13(2)11(15)14(3,4)12(13)16-10(17)9-7-5-6-8-18-9/h9,11-12H,5-8,15H2,1-4H3,(H,16,17). The Morgan fingerprint density at radius 3 is 2.33 bits per heavy atom. The molecule has 104 valence electrons. The molecule has 1 aliphatic heterocycles. The minimum Gasteiger partial charge on any atom is -0.351 e. The topological polar surface area (TPSA) is 55.1 Å². The number of hydrogen-bond acceptors (Lipinski definition) is 3. The second-order valence-corrected chi connectivity index (χ2v) is 8.23. The first-order valence-electron chi connectivity index (χ1n) is 6.95. The number of hydrogen-bond donors (Lipinski definition) is 2. The smallest absolute Gasteiger partial charge is 0.233 e. The van der Waals surface area contributed by atoms with E-state index in [9.17, 15) is 4.79 Å². The lowest BCUT2D eigenvalue weighted by atomic mass is 9.48. The SMILES string of the molecule is CC1(C)C(N)C(C)(C)C1NC(=O)C1CCCCS1. The molecule has 1 aliphatic carbocycles. The molecule has 1 heterocycles. The van der Waals surface area contributed by atoms with Crippen molar-refractivity contribution in [1.82, 2.24) is 5.32 Å². The highest BCUT2D eigenvalue weighted by molar-refractivity contribution is 8.00. The zero-order valence-corrected chi connectivity index (χ0v) is 12.8. The summed E-state index contributed by atoms with van der Waals surface area (Å²) in [5.74, 6) is 1.34. The summed E-state index contributed by atoms with van der Waals surface area (Å²) in [6, 6.07) is 0.337. The molecule has 0 bridgehead atoms. The van der Waals surface area contributed by atoms with Crippen molar-refractivity contribution in [3.63, 3.8) is 0 Å². The summed E-state index contributed by atoms with van der Waals surface area (Å²) >= 11 is 1.81. The monoisotopic (exact) mass is 270 g/mol. The molecule has 1 saturated carbocycles. The second-order valence-electron chi connectivity index (χ2n) is 6.92. The highest BCUT2D eigenvalue weighted by Crippen LogP contribution is 2.52. The number of nitrogens with one attached hydrogen (secondary N) is 1. The van der Waals surface area contributed by atoms with Gasteiger partial charge in [-0.15, -0.1) is 11.8 Å². The minimum absolute atomic E-state index is 0.00149. The van der Waals surface area contributed by atoms with Crippen LogP contribution in [0.15, 0.2) is 0 Å². The Bertz CT molecular complexity index is 319. The minimum atomic E-state index is -0.00149. The number of rotatable bonds is 2. The molecule has 3 nitrogen and oxygen atoms in total. The van der Waals surface area contributed by atoms with Crippen LogP contribution in [0.5, 0.6) is 0 Å². The van der Waals surface area contributed by atoms with E-state index in [1.54, 1.807) is 11.8 Å². The molecule has 18 heavy (non-hydrogen) atoms. The fourth-order valence-corrected chi connectivity index (χ4v) is 4.94. The summed E-state index contributed by atoms with van der Waals surface area (Å²) in [5.41, 5.74) is 6.22. The van der Waals surface area contributed by atoms with Crippen molar-refractivity contribution in [3.05, 3.63) is 0 Å². The summed E-state index contributed by atoms with van der Waals surface area (Å²) < 4.78 is 0. The predicted octanol–water partition coefficient (Wildman–Crippen LogP) is 2.15. The lowest BCUT2D eigenvalue weighted by Gasteiger charge is -2.63. The van der Waals surface area contributed by atoms with E-state index in [4.69, 9.17) is 5.73 Å². The molecule has 1 atom stereocenters. The summed E-state index contributed by atoms with van der Waals surface area (Å²) in [6.07, 6.45) is 3.46. The molecule has 2 fully saturated rings. The van der Waals surface area contributed by atoms with Crippen molar-refractivity contribution in [2.75, 3.05) is 5.75 Å². The normalized spacial score (nSPS) is 37.7. The van der Waals surface area contributed by atoms with E-state index in [2.05, 4.69) is 33.0 Å². The van der Waals surface area contributed by atoms with Gasteiger partial charge < -0.3 is 11.1 Å². The van der Waals surface area contributed by atoms with Gasteiger partial charge in [-0.2, -0.15) is 0 Å². The van der Waals surface area contributed by atoms with Crippen molar-refractivity contribution in [3.8, 4) is 0 Å². The van der Waals surface area contributed by atoms with Crippen LogP contribution in [0.3, 0.4) is 0 Å². The van der Waals surface area contributed by atoms with Gasteiger partial charge in [-0.05, 0) is 18.6 Å². The number of amides is 1. The van der Waals surface area contributed by atoms with Crippen LogP contribution < -0.4 is 11.1 Å². The van der Waals surface area contributed by atoms with Gasteiger partial charge in [-0.25, -0.2) is 0 Å². The van der Waals surface area contributed by atoms with E-state index in [-0.39, 0.29) is 34.1 Å². The zero-order valence-electron chi connectivity index (χ0n) is 12.0. The molecule has 1 amide bonds. The number of thioether (sulfide) groups is 1. The van der Waals surface area contributed by atoms with Crippen molar-refractivity contribution in [1.29, 1.82) is 0 Å². The summed E-state index contributed by atoms with van der Waals surface area (Å²) in [5, 5.41) is 3.41. The molecule has 0 aromatic rings. The summed E-state index contributed by atoms with van der Waals surface area (Å²) in [7, 11) is 0. The zero-order chi connectivity index (χ0) is 13.6. The maximum absolute atomic E-state index is 12.3. The Hall–Kier alpha value is -0.220. The van der Waals surface area contributed by atoms with Crippen molar-refractivity contribution in [2.45, 2.75) is 64.3 Å². The van der Waals surface area contributed by atoms with E-state index >= 15 is 0 Å². The molecule has 0 spiro atoms. The highest BCUT2D eigenvalue weighted by atomic mass is 32.2. The number of carbonyl (C=O) groups is 1. The molecule has 2 rings (SSSR count). The van der Waals surface area contributed by atoms with Gasteiger partial charge in [0, 0.05) is 22.9 Å². The van der Waals surface area contributed by atoms with Crippen molar-refractivity contribution in [2.24, 2.45) is 16.6 Å². The fourth-order valence-electron chi connectivity index (χ4n) is 3.74. The summed E-state index contributed by atoms with van der Waals surface area (Å²) in [6.45, 7) is 8.62. The first-order valence-corrected chi connectivity index (χ1v) is 8.00. The lowest BCUT2D eigenvalue weighted by molar-refractivity contribution is -0.131. The molecule has 2 aliphatic rings. The first-order chi connectivity index (χ1) is 8.28. The number of nitrogens with two attached hydrogens (primary N) is 1. The van der Waals surface area contributed by atoms with Gasteiger partial charge in [0.1, 0.15) is 0 Å². The Morgan fingerprint density at radius 1 is 1.22 bits per heavy atom. The molecule has 0 radical (unpaired) electrons. The van der Waals surface area contributed by atoms with E-state index < -0.39 is 0 Å². The average Bonchev–Trinajstić information content (AvgIpc) is 2.35. The second kappa shape index (κ2) is 4.71. The highest BCUT2D eigenvalue weighted by Gasteiger charge is 2.60. The molecule has 0 aromatic heterocycles. The van der Waals surface area contributed by atoms with Crippen LogP contribution in [0, 0.1) is 10.8 Å².